The number of anilines is 1. The second-order valence-electron chi connectivity index (χ2n) is 9.15. The molecular formula is C22H29F2N5O2. The molecule has 0 unspecified atom stereocenters. The fourth-order valence-electron chi connectivity index (χ4n) is 5.29. The number of rotatable bonds is 6. The van der Waals surface area contributed by atoms with E-state index in [-0.39, 0.29) is 17.5 Å². The number of nitrogens with two attached hydrogens (primary N) is 1. The Kier molecular flexibility index (Phi) is 5.34. The Labute approximate surface area is 180 Å². The van der Waals surface area contributed by atoms with Gasteiger partial charge in [-0.05, 0) is 30.7 Å². The molecule has 3 fully saturated rings. The number of fused-ring (bicyclic) bond motifs is 1. The third-order valence-electron chi connectivity index (χ3n) is 6.88. The van der Waals surface area contributed by atoms with Crippen LogP contribution in [0.4, 0.5) is 14.6 Å². The van der Waals surface area contributed by atoms with Crippen molar-refractivity contribution in [3.05, 3.63) is 24.3 Å². The number of halogens is 2. The summed E-state index contributed by atoms with van der Waals surface area (Å²) in [4.78, 5) is 11.5. The van der Waals surface area contributed by atoms with Gasteiger partial charge in [-0.15, -0.1) is 0 Å². The van der Waals surface area contributed by atoms with Gasteiger partial charge in [-0.1, -0.05) is 13.8 Å². The quantitative estimate of drug-likeness (QED) is 0.751. The first-order chi connectivity index (χ1) is 14.9. The van der Waals surface area contributed by atoms with Gasteiger partial charge >= 0.3 is 6.61 Å². The summed E-state index contributed by atoms with van der Waals surface area (Å²) in [5.41, 5.74) is 7.02. The zero-order chi connectivity index (χ0) is 21.7. The zero-order valence-electron chi connectivity index (χ0n) is 17.9. The second-order valence-corrected chi connectivity index (χ2v) is 9.15. The van der Waals surface area contributed by atoms with Crippen LogP contribution in [-0.2, 0) is 4.74 Å². The summed E-state index contributed by atoms with van der Waals surface area (Å²) in [5.74, 6) is 2.37. The lowest BCUT2D eigenvalue weighted by atomic mass is 10.1. The van der Waals surface area contributed by atoms with Gasteiger partial charge in [0.25, 0.3) is 0 Å². The molecule has 1 aliphatic carbocycles. The third-order valence-corrected chi connectivity index (χ3v) is 6.88. The molecule has 2 aromatic rings. The van der Waals surface area contributed by atoms with Gasteiger partial charge < -0.3 is 19.8 Å². The van der Waals surface area contributed by atoms with Gasteiger partial charge in [0.1, 0.15) is 5.82 Å². The van der Waals surface area contributed by atoms with Crippen molar-refractivity contribution in [2.75, 3.05) is 32.0 Å². The SMILES string of the molecule is CC(C)c1nc(-c2cnc(N)c(OC(F)F)c2)cn1[C@H]1[C@@H]2CN(C3CCOCC3)C[C@@H]21. The van der Waals surface area contributed by atoms with E-state index >= 15 is 0 Å². The van der Waals surface area contributed by atoms with Gasteiger partial charge in [0.15, 0.2) is 11.6 Å². The average molecular weight is 434 g/mol. The molecule has 2 aromatic heterocycles. The van der Waals surface area contributed by atoms with E-state index in [9.17, 15) is 8.78 Å². The minimum atomic E-state index is -2.95. The van der Waals surface area contributed by atoms with E-state index in [4.69, 9.17) is 15.5 Å². The van der Waals surface area contributed by atoms with E-state index in [2.05, 4.69) is 33.0 Å². The van der Waals surface area contributed by atoms with E-state index in [1.54, 1.807) is 6.20 Å². The average Bonchev–Trinajstić information content (AvgIpc) is 3.10. The molecule has 1 saturated carbocycles. The van der Waals surface area contributed by atoms with Crippen LogP contribution in [0.15, 0.2) is 18.5 Å². The maximum absolute atomic E-state index is 12.7. The Hall–Kier alpha value is -2.26. The van der Waals surface area contributed by atoms with Crippen LogP contribution in [0.3, 0.4) is 0 Å². The monoisotopic (exact) mass is 433 g/mol. The molecule has 0 aromatic carbocycles. The summed E-state index contributed by atoms with van der Waals surface area (Å²) >= 11 is 0. The minimum absolute atomic E-state index is 0.0579. The number of nitrogens with zero attached hydrogens (tertiary/aromatic N) is 4. The summed E-state index contributed by atoms with van der Waals surface area (Å²) < 4.78 is 37.7. The van der Waals surface area contributed by atoms with E-state index in [0.29, 0.717) is 35.2 Å². The van der Waals surface area contributed by atoms with Gasteiger partial charge in [-0.25, -0.2) is 9.97 Å². The Morgan fingerprint density at radius 3 is 2.55 bits per heavy atom. The highest BCUT2D eigenvalue weighted by molar-refractivity contribution is 5.64. The molecule has 0 amide bonds. The summed E-state index contributed by atoms with van der Waals surface area (Å²) in [5, 5.41) is 0. The Bertz CT molecular complexity index is 932. The predicted octanol–water partition coefficient (Wildman–Crippen LogP) is 3.53. The normalized spacial score (nSPS) is 26.6. The van der Waals surface area contributed by atoms with Gasteiger partial charge in [0, 0.05) is 62.3 Å². The number of hydrogen-bond donors (Lipinski definition) is 1. The van der Waals surface area contributed by atoms with E-state index in [0.717, 1.165) is 45.0 Å². The summed E-state index contributed by atoms with van der Waals surface area (Å²) in [6, 6.07) is 2.60. The minimum Gasteiger partial charge on any atom is -0.431 e. The highest BCUT2D eigenvalue weighted by Crippen LogP contribution is 2.57. The Morgan fingerprint density at radius 2 is 1.90 bits per heavy atom. The van der Waals surface area contributed by atoms with Gasteiger partial charge in [-0.2, -0.15) is 8.78 Å². The number of imidazole rings is 1. The van der Waals surface area contributed by atoms with Crippen LogP contribution in [0.25, 0.3) is 11.3 Å². The van der Waals surface area contributed by atoms with E-state index in [1.165, 1.54) is 6.07 Å². The molecule has 4 heterocycles. The first kappa shape index (κ1) is 20.6. The van der Waals surface area contributed by atoms with Crippen molar-refractivity contribution < 1.29 is 18.3 Å². The van der Waals surface area contributed by atoms with Crippen molar-refractivity contribution in [2.45, 2.75) is 51.3 Å². The first-order valence-corrected chi connectivity index (χ1v) is 11.0. The van der Waals surface area contributed by atoms with Crippen molar-refractivity contribution in [2.24, 2.45) is 11.8 Å². The third kappa shape index (κ3) is 3.89. The van der Waals surface area contributed by atoms with Crippen molar-refractivity contribution in [1.29, 1.82) is 0 Å². The molecule has 9 heteroatoms. The Balaban J connectivity index is 1.36. The maximum Gasteiger partial charge on any atom is 0.387 e. The fourth-order valence-corrected chi connectivity index (χ4v) is 5.29. The molecule has 5 rings (SSSR count). The number of hydrogen-bond acceptors (Lipinski definition) is 6. The molecule has 2 aliphatic heterocycles. The lowest BCUT2D eigenvalue weighted by molar-refractivity contribution is -0.0494. The molecule has 3 aliphatic rings. The van der Waals surface area contributed by atoms with E-state index in [1.807, 2.05) is 6.20 Å². The largest absolute Gasteiger partial charge is 0.431 e. The zero-order valence-corrected chi connectivity index (χ0v) is 17.9. The topological polar surface area (TPSA) is 78.4 Å². The van der Waals surface area contributed by atoms with Crippen LogP contribution in [-0.4, -0.2) is 58.4 Å². The van der Waals surface area contributed by atoms with E-state index < -0.39 is 6.61 Å². The summed E-state index contributed by atoms with van der Waals surface area (Å²) in [7, 11) is 0. The van der Waals surface area contributed by atoms with Gasteiger partial charge in [0.05, 0.1) is 5.69 Å². The molecule has 2 N–H and O–H groups in total. The van der Waals surface area contributed by atoms with Crippen LogP contribution < -0.4 is 10.5 Å². The van der Waals surface area contributed by atoms with Crippen LogP contribution >= 0.6 is 0 Å². The molecule has 168 valence electrons. The number of likely N-dealkylation sites (tertiary alicyclic amines) is 1. The van der Waals surface area contributed by atoms with Crippen molar-refractivity contribution in [3.63, 3.8) is 0 Å². The lowest BCUT2D eigenvalue weighted by Crippen LogP contribution is -2.39. The van der Waals surface area contributed by atoms with Crippen LogP contribution in [0.5, 0.6) is 5.75 Å². The summed E-state index contributed by atoms with van der Waals surface area (Å²) in [6.45, 7) is 5.29. The fraction of sp³-hybridized carbons (Fsp3) is 0.636. The molecule has 0 radical (unpaired) electrons. The highest BCUT2D eigenvalue weighted by atomic mass is 19.3. The number of nitrogen functional groups attached to an aromatic ring is 1. The van der Waals surface area contributed by atoms with Crippen molar-refractivity contribution >= 4 is 5.82 Å². The standard InChI is InChI=1S/C22H29F2N5O2/c1-12(2)21-27-17(13-7-18(31-22(23)24)20(25)26-8-13)11-29(21)19-15-9-28(10-16(15)19)14-3-5-30-6-4-14/h7-8,11-12,14-16,19,22H,3-6,9-10H2,1-2H3,(H2,25,26)/t15-,16+,19+. The number of alkyl halides is 2. The smallest absolute Gasteiger partial charge is 0.387 e. The number of ether oxygens (including phenoxy) is 2. The first-order valence-electron chi connectivity index (χ1n) is 11.0. The Morgan fingerprint density at radius 1 is 1.19 bits per heavy atom. The van der Waals surface area contributed by atoms with Crippen LogP contribution in [0, 0.1) is 11.8 Å². The molecule has 0 spiro atoms. The number of aromatic nitrogens is 3. The summed E-state index contributed by atoms with van der Waals surface area (Å²) in [6.07, 6.45) is 5.86. The number of pyridine rings is 1. The molecular weight excluding hydrogens is 404 g/mol. The van der Waals surface area contributed by atoms with Gasteiger partial charge in [0.2, 0.25) is 0 Å². The molecule has 7 nitrogen and oxygen atoms in total. The van der Waals surface area contributed by atoms with Crippen LogP contribution in [0.2, 0.25) is 0 Å². The number of piperidine rings is 1. The molecule has 3 atom stereocenters. The lowest BCUT2D eigenvalue weighted by Gasteiger charge is -2.32. The van der Waals surface area contributed by atoms with Gasteiger partial charge in [-0.3, -0.25) is 4.90 Å². The predicted molar refractivity (Wildman–Crippen MR) is 112 cm³/mol. The second kappa shape index (κ2) is 8.02. The maximum atomic E-state index is 12.7. The molecule has 31 heavy (non-hydrogen) atoms. The molecule has 2 saturated heterocycles. The van der Waals surface area contributed by atoms with Crippen LogP contribution in [0.1, 0.15) is 44.5 Å². The molecule has 0 bridgehead atoms. The van der Waals surface area contributed by atoms with Crippen molar-refractivity contribution in [1.82, 2.24) is 19.4 Å². The highest BCUT2D eigenvalue weighted by Gasteiger charge is 2.58. The van der Waals surface area contributed by atoms with Crippen molar-refractivity contribution in [3.8, 4) is 17.0 Å².